The van der Waals surface area contributed by atoms with Crippen LogP contribution in [0.25, 0.3) is 0 Å². The standard InChI is InChI=1S/C10H20NS/c1-10(2,3)4-5-11-6-8-12-9-7-11/h6H,4-5,7-9H2,1-3H3. The summed E-state index contributed by atoms with van der Waals surface area (Å²) in [5.41, 5.74) is 0.485. The predicted octanol–water partition coefficient (Wildman–Crippen LogP) is 2.63. The molecule has 1 fully saturated rings. The molecule has 71 valence electrons. The zero-order valence-corrected chi connectivity index (χ0v) is 9.28. The summed E-state index contributed by atoms with van der Waals surface area (Å²) in [5, 5.41) is 0. The molecule has 1 nitrogen and oxygen atoms in total. The Morgan fingerprint density at radius 1 is 1.42 bits per heavy atom. The van der Waals surface area contributed by atoms with Crippen molar-refractivity contribution >= 4 is 11.8 Å². The molecule has 0 amide bonds. The molecule has 0 aromatic heterocycles. The number of rotatable bonds is 2. The highest BCUT2D eigenvalue weighted by molar-refractivity contribution is 7.99. The maximum Gasteiger partial charge on any atom is 0.0350 e. The molecular weight excluding hydrogens is 166 g/mol. The Balaban J connectivity index is 2.13. The van der Waals surface area contributed by atoms with Crippen LogP contribution in [-0.4, -0.2) is 29.5 Å². The highest BCUT2D eigenvalue weighted by atomic mass is 32.2. The Labute approximate surface area is 80.9 Å². The lowest BCUT2D eigenvalue weighted by Gasteiger charge is -2.28. The summed E-state index contributed by atoms with van der Waals surface area (Å²) in [6.07, 6.45) is 1.30. The lowest BCUT2D eigenvalue weighted by Crippen LogP contribution is -2.31. The average Bonchev–Trinajstić information content (AvgIpc) is 2.02. The fourth-order valence-corrected chi connectivity index (χ4v) is 2.04. The van der Waals surface area contributed by atoms with Crippen LogP contribution in [0, 0.1) is 12.0 Å². The summed E-state index contributed by atoms with van der Waals surface area (Å²) in [6.45, 7) is 11.8. The zero-order chi connectivity index (χ0) is 9.03. The van der Waals surface area contributed by atoms with E-state index < -0.39 is 0 Å². The van der Waals surface area contributed by atoms with Crippen molar-refractivity contribution in [3.8, 4) is 0 Å². The van der Waals surface area contributed by atoms with Gasteiger partial charge in [0.25, 0.3) is 0 Å². The van der Waals surface area contributed by atoms with E-state index in [0.29, 0.717) is 5.41 Å². The molecular formula is C10H20NS. The molecule has 0 aliphatic carbocycles. The van der Waals surface area contributed by atoms with Gasteiger partial charge >= 0.3 is 0 Å². The number of thioether (sulfide) groups is 1. The second-order valence-corrected chi connectivity index (χ2v) is 5.75. The van der Waals surface area contributed by atoms with Crippen LogP contribution in [-0.2, 0) is 0 Å². The van der Waals surface area contributed by atoms with Crippen LogP contribution in [0.5, 0.6) is 0 Å². The van der Waals surface area contributed by atoms with Gasteiger partial charge in [-0.1, -0.05) is 20.8 Å². The van der Waals surface area contributed by atoms with Crippen LogP contribution in [0.4, 0.5) is 0 Å². The van der Waals surface area contributed by atoms with Gasteiger partial charge in [-0.25, -0.2) is 0 Å². The molecule has 0 aromatic rings. The van der Waals surface area contributed by atoms with E-state index in [1.54, 1.807) is 0 Å². The summed E-state index contributed by atoms with van der Waals surface area (Å²) in [6, 6.07) is 0. The Kier molecular flexibility index (Phi) is 3.91. The van der Waals surface area contributed by atoms with Crippen molar-refractivity contribution in [1.29, 1.82) is 0 Å². The first kappa shape index (κ1) is 10.4. The van der Waals surface area contributed by atoms with Crippen molar-refractivity contribution in [2.24, 2.45) is 5.41 Å². The van der Waals surface area contributed by atoms with Crippen LogP contribution in [0.2, 0.25) is 0 Å². The van der Waals surface area contributed by atoms with E-state index in [4.69, 9.17) is 0 Å². The number of hydrogen-bond acceptors (Lipinski definition) is 2. The SMILES string of the molecule is CC(C)(C)CCN1[CH]CSCC1. The lowest BCUT2D eigenvalue weighted by atomic mass is 9.92. The molecule has 2 heteroatoms. The first-order valence-corrected chi connectivity index (χ1v) is 5.88. The second-order valence-electron chi connectivity index (χ2n) is 4.60. The maximum atomic E-state index is 2.47. The van der Waals surface area contributed by atoms with Gasteiger partial charge < -0.3 is 0 Å². The van der Waals surface area contributed by atoms with Crippen LogP contribution >= 0.6 is 11.8 Å². The third kappa shape index (κ3) is 4.36. The highest BCUT2D eigenvalue weighted by Gasteiger charge is 2.15. The molecule has 0 bridgehead atoms. The van der Waals surface area contributed by atoms with Gasteiger partial charge in [-0.15, -0.1) is 0 Å². The summed E-state index contributed by atoms with van der Waals surface area (Å²) >= 11 is 2.03. The molecule has 1 aliphatic heterocycles. The molecule has 1 radical (unpaired) electrons. The molecule has 1 saturated heterocycles. The minimum Gasteiger partial charge on any atom is -0.297 e. The van der Waals surface area contributed by atoms with Gasteiger partial charge in [0.15, 0.2) is 0 Å². The fraction of sp³-hybridized carbons (Fsp3) is 0.900. The molecule has 1 aliphatic rings. The van der Waals surface area contributed by atoms with Gasteiger partial charge in [0.2, 0.25) is 0 Å². The van der Waals surface area contributed by atoms with Crippen LogP contribution in [0.3, 0.4) is 0 Å². The Hall–Kier alpha value is 0.310. The first-order valence-electron chi connectivity index (χ1n) is 4.73. The third-order valence-corrected chi connectivity index (χ3v) is 2.98. The highest BCUT2D eigenvalue weighted by Crippen LogP contribution is 2.21. The number of hydrogen-bond donors (Lipinski definition) is 0. The molecule has 1 rings (SSSR count). The molecule has 0 spiro atoms. The first-order chi connectivity index (χ1) is 5.58. The van der Waals surface area contributed by atoms with Gasteiger partial charge in [-0.05, 0) is 18.4 Å². The van der Waals surface area contributed by atoms with Crippen LogP contribution < -0.4 is 0 Å². The Bertz CT molecular complexity index is 122. The quantitative estimate of drug-likeness (QED) is 0.652. The Morgan fingerprint density at radius 3 is 2.67 bits per heavy atom. The smallest absolute Gasteiger partial charge is 0.0350 e. The van der Waals surface area contributed by atoms with E-state index >= 15 is 0 Å². The summed E-state index contributed by atoms with van der Waals surface area (Å²) in [5.74, 6) is 2.52. The second kappa shape index (κ2) is 4.52. The van der Waals surface area contributed by atoms with Gasteiger partial charge in [-0.2, -0.15) is 11.8 Å². The minimum absolute atomic E-state index is 0.485. The van der Waals surface area contributed by atoms with Gasteiger partial charge in [0, 0.05) is 24.6 Å². The van der Waals surface area contributed by atoms with Crippen LogP contribution in [0.1, 0.15) is 27.2 Å². The summed E-state index contributed by atoms with van der Waals surface area (Å²) in [7, 11) is 0. The Morgan fingerprint density at radius 2 is 2.17 bits per heavy atom. The van der Waals surface area contributed by atoms with Crippen molar-refractivity contribution in [3.63, 3.8) is 0 Å². The van der Waals surface area contributed by atoms with Crippen molar-refractivity contribution in [3.05, 3.63) is 6.54 Å². The monoisotopic (exact) mass is 186 g/mol. The topological polar surface area (TPSA) is 3.24 Å². The molecule has 0 N–H and O–H groups in total. The van der Waals surface area contributed by atoms with E-state index in [9.17, 15) is 0 Å². The molecule has 0 aromatic carbocycles. The molecule has 12 heavy (non-hydrogen) atoms. The van der Waals surface area contributed by atoms with Gasteiger partial charge in [-0.3, -0.25) is 4.90 Å². The largest absolute Gasteiger partial charge is 0.297 e. The normalized spacial score (nSPS) is 21.2. The lowest BCUT2D eigenvalue weighted by molar-refractivity contribution is 0.275. The summed E-state index contributed by atoms with van der Waals surface area (Å²) in [4.78, 5) is 2.47. The van der Waals surface area contributed by atoms with Crippen molar-refractivity contribution in [2.75, 3.05) is 24.6 Å². The van der Waals surface area contributed by atoms with Gasteiger partial charge in [0.05, 0.1) is 0 Å². The van der Waals surface area contributed by atoms with Crippen LogP contribution in [0.15, 0.2) is 0 Å². The van der Waals surface area contributed by atoms with E-state index in [2.05, 4.69) is 32.2 Å². The number of nitrogens with zero attached hydrogens (tertiary/aromatic N) is 1. The van der Waals surface area contributed by atoms with Gasteiger partial charge in [0.1, 0.15) is 0 Å². The minimum atomic E-state index is 0.485. The predicted molar refractivity (Wildman–Crippen MR) is 57.3 cm³/mol. The summed E-state index contributed by atoms with van der Waals surface area (Å²) < 4.78 is 0. The maximum absolute atomic E-state index is 2.47. The fourth-order valence-electron chi connectivity index (χ4n) is 1.20. The molecule has 1 heterocycles. The average molecular weight is 186 g/mol. The van der Waals surface area contributed by atoms with E-state index in [1.807, 2.05) is 11.8 Å². The third-order valence-electron chi connectivity index (χ3n) is 2.12. The van der Waals surface area contributed by atoms with E-state index in [1.165, 1.54) is 31.0 Å². The van der Waals surface area contributed by atoms with E-state index in [0.717, 1.165) is 0 Å². The molecule has 0 saturated carbocycles. The van der Waals surface area contributed by atoms with Crippen molar-refractivity contribution in [2.45, 2.75) is 27.2 Å². The van der Waals surface area contributed by atoms with Crippen molar-refractivity contribution < 1.29 is 0 Å². The zero-order valence-electron chi connectivity index (χ0n) is 8.47. The molecule has 0 unspecified atom stereocenters. The molecule has 0 atom stereocenters. The van der Waals surface area contributed by atoms with Crippen molar-refractivity contribution in [1.82, 2.24) is 4.90 Å². The van der Waals surface area contributed by atoms with E-state index in [-0.39, 0.29) is 0 Å².